The van der Waals surface area contributed by atoms with E-state index in [1.807, 2.05) is 13.8 Å². The Bertz CT molecular complexity index is 646. The minimum absolute atomic E-state index is 0.0929. The van der Waals surface area contributed by atoms with Crippen molar-refractivity contribution in [1.29, 1.82) is 0 Å². The van der Waals surface area contributed by atoms with E-state index in [1.165, 1.54) is 10.9 Å². The Kier molecular flexibility index (Phi) is 4.31. The smallest absolute Gasteiger partial charge is 0.309 e. The van der Waals surface area contributed by atoms with Crippen molar-refractivity contribution in [2.75, 3.05) is 5.32 Å². The Balaban J connectivity index is 1.91. The molecule has 21 heavy (non-hydrogen) atoms. The summed E-state index contributed by atoms with van der Waals surface area (Å²) in [5, 5.41) is 22.3. The number of rotatable bonds is 6. The van der Waals surface area contributed by atoms with Gasteiger partial charge in [0.05, 0.1) is 17.8 Å². The fourth-order valence-corrected chi connectivity index (χ4v) is 1.60. The van der Waals surface area contributed by atoms with E-state index >= 15 is 0 Å². The van der Waals surface area contributed by atoms with Gasteiger partial charge in [-0.3, -0.25) is 14.9 Å². The Hall–Kier alpha value is -2.71. The number of amides is 1. The summed E-state index contributed by atoms with van der Waals surface area (Å²) in [6.45, 7) is 3.83. The minimum Gasteiger partial charge on any atom is -0.481 e. The van der Waals surface area contributed by atoms with Gasteiger partial charge in [-0.05, 0) is 5.92 Å². The Morgan fingerprint density at radius 1 is 1.48 bits per heavy atom. The Morgan fingerprint density at radius 3 is 2.86 bits per heavy atom. The van der Waals surface area contributed by atoms with E-state index in [1.54, 1.807) is 6.07 Å². The maximum atomic E-state index is 11.8. The van der Waals surface area contributed by atoms with E-state index in [0.29, 0.717) is 0 Å². The first kappa shape index (κ1) is 14.7. The fourth-order valence-electron chi connectivity index (χ4n) is 1.60. The lowest BCUT2D eigenvalue weighted by atomic mass is 10.1. The molecule has 0 aliphatic heterocycles. The second kappa shape index (κ2) is 6.16. The standard InChI is InChI=1S/C12H15N5O4/c1-7(2)9-4-11(21-15-9)13-10(18)6-17-5-8(14-16-17)3-12(19)20/h4-5,7H,3,6H2,1-2H3,(H,13,18)(H,19,20). The monoisotopic (exact) mass is 293 g/mol. The minimum atomic E-state index is -1.01. The van der Waals surface area contributed by atoms with Crippen LogP contribution in [-0.4, -0.2) is 37.1 Å². The number of carbonyl (C=O) groups is 2. The molecule has 0 bridgehead atoms. The number of anilines is 1. The lowest BCUT2D eigenvalue weighted by Crippen LogP contribution is -2.18. The molecule has 0 aliphatic carbocycles. The molecule has 0 unspecified atom stereocenters. The van der Waals surface area contributed by atoms with Crippen LogP contribution in [-0.2, 0) is 22.6 Å². The zero-order valence-corrected chi connectivity index (χ0v) is 11.6. The molecule has 2 heterocycles. The van der Waals surface area contributed by atoms with Crippen LogP contribution in [0.15, 0.2) is 16.8 Å². The molecule has 9 heteroatoms. The largest absolute Gasteiger partial charge is 0.481 e. The highest BCUT2D eigenvalue weighted by Gasteiger charge is 2.12. The summed E-state index contributed by atoms with van der Waals surface area (Å²) in [4.78, 5) is 22.3. The summed E-state index contributed by atoms with van der Waals surface area (Å²) in [5.41, 5.74) is 1.03. The normalized spacial score (nSPS) is 10.8. The van der Waals surface area contributed by atoms with Crippen LogP contribution in [0.1, 0.15) is 31.2 Å². The highest BCUT2D eigenvalue weighted by Crippen LogP contribution is 2.17. The van der Waals surface area contributed by atoms with E-state index < -0.39 is 5.97 Å². The van der Waals surface area contributed by atoms with E-state index in [0.717, 1.165) is 5.69 Å². The second-order valence-electron chi connectivity index (χ2n) is 4.80. The van der Waals surface area contributed by atoms with Crippen LogP contribution in [0.2, 0.25) is 0 Å². The fraction of sp³-hybridized carbons (Fsp3) is 0.417. The van der Waals surface area contributed by atoms with Crippen molar-refractivity contribution in [3.8, 4) is 0 Å². The maximum Gasteiger partial charge on any atom is 0.309 e. The third-order valence-electron chi connectivity index (χ3n) is 2.61. The van der Waals surface area contributed by atoms with Gasteiger partial charge in [0.2, 0.25) is 11.8 Å². The number of carboxylic acids is 1. The van der Waals surface area contributed by atoms with Gasteiger partial charge in [0.25, 0.3) is 0 Å². The number of carbonyl (C=O) groups excluding carboxylic acids is 1. The van der Waals surface area contributed by atoms with Gasteiger partial charge in [0, 0.05) is 12.3 Å². The van der Waals surface area contributed by atoms with Crippen molar-refractivity contribution in [2.45, 2.75) is 32.7 Å². The molecule has 0 radical (unpaired) electrons. The van der Waals surface area contributed by atoms with Gasteiger partial charge >= 0.3 is 5.97 Å². The molecular weight excluding hydrogens is 278 g/mol. The SMILES string of the molecule is CC(C)c1cc(NC(=O)Cn2cc(CC(=O)O)nn2)on1. The highest BCUT2D eigenvalue weighted by atomic mass is 16.5. The molecule has 9 nitrogen and oxygen atoms in total. The number of carboxylic acid groups (broad SMARTS) is 1. The molecule has 0 saturated heterocycles. The highest BCUT2D eigenvalue weighted by molar-refractivity contribution is 5.89. The lowest BCUT2D eigenvalue weighted by molar-refractivity contribution is -0.136. The van der Waals surface area contributed by atoms with Crippen LogP contribution in [0.5, 0.6) is 0 Å². The first-order chi connectivity index (χ1) is 9.94. The summed E-state index contributed by atoms with van der Waals surface area (Å²) < 4.78 is 6.24. The zero-order valence-electron chi connectivity index (χ0n) is 11.6. The average Bonchev–Trinajstić information content (AvgIpc) is 2.98. The third kappa shape index (κ3) is 4.13. The molecule has 2 rings (SSSR count). The summed E-state index contributed by atoms with van der Waals surface area (Å²) in [5.74, 6) is -0.912. The third-order valence-corrected chi connectivity index (χ3v) is 2.61. The van der Waals surface area contributed by atoms with E-state index in [9.17, 15) is 9.59 Å². The molecular formula is C12H15N5O4. The van der Waals surface area contributed by atoms with Crippen molar-refractivity contribution in [3.05, 3.63) is 23.7 Å². The zero-order chi connectivity index (χ0) is 15.4. The number of aromatic nitrogens is 4. The average molecular weight is 293 g/mol. The van der Waals surface area contributed by atoms with Crippen LogP contribution in [0, 0.1) is 0 Å². The lowest BCUT2D eigenvalue weighted by Gasteiger charge is -2.00. The molecule has 0 saturated carbocycles. The predicted octanol–water partition coefficient (Wildman–Crippen LogP) is 0.655. The van der Waals surface area contributed by atoms with Crippen molar-refractivity contribution in [3.63, 3.8) is 0 Å². The first-order valence-electron chi connectivity index (χ1n) is 6.31. The van der Waals surface area contributed by atoms with Crippen molar-refractivity contribution in [2.24, 2.45) is 0 Å². The van der Waals surface area contributed by atoms with Gasteiger partial charge in [-0.15, -0.1) is 5.10 Å². The molecule has 0 spiro atoms. The topological polar surface area (TPSA) is 123 Å². The number of hydrogen-bond acceptors (Lipinski definition) is 6. The van der Waals surface area contributed by atoms with Gasteiger partial charge < -0.3 is 9.63 Å². The molecule has 112 valence electrons. The van der Waals surface area contributed by atoms with Crippen LogP contribution in [0.4, 0.5) is 5.88 Å². The summed E-state index contributed by atoms with van der Waals surface area (Å²) in [6.07, 6.45) is 1.18. The number of nitrogens with zero attached hydrogens (tertiary/aromatic N) is 4. The number of nitrogens with one attached hydrogen (secondary N) is 1. The number of hydrogen-bond donors (Lipinski definition) is 2. The summed E-state index contributed by atoms with van der Waals surface area (Å²) >= 11 is 0. The first-order valence-corrected chi connectivity index (χ1v) is 6.31. The van der Waals surface area contributed by atoms with Gasteiger partial charge in [-0.25, -0.2) is 4.68 Å². The molecule has 2 aromatic heterocycles. The Morgan fingerprint density at radius 2 is 2.24 bits per heavy atom. The van der Waals surface area contributed by atoms with Gasteiger partial charge in [0.15, 0.2) is 0 Å². The molecule has 0 aromatic carbocycles. The van der Waals surface area contributed by atoms with Crippen LogP contribution in [0.25, 0.3) is 0 Å². The van der Waals surface area contributed by atoms with Crippen molar-refractivity contribution < 1.29 is 19.2 Å². The van der Waals surface area contributed by atoms with E-state index in [2.05, 4.69) is 20.8 Å². The quantitative estimate of drug-likeness (QED) is 0.801. The molecule has 0 aliphatic rings. The van der Waals surface area contributed by atoms with Gasteiger partial charge in [0.1, 0.15) is 6.54 Å². The Labute approximate surface area is 119 Å². The van der Waals surface area contributed by atoms with Crippen LogP contribution >= 0.6 is 0 Å². The van der Waals surface area contributed by atoms with E-state index in [4.69, 9.17) is 9.63 Å². The van der Waals surface area contributed by atoms with Crippen molar-refractivity contribution >= 4 is 17.8 Å². The second-order valence-corrected chi connectivity index (χ2v) is 4.80. The summed E-state index contributed by atoms with van der Waals surface area (Å²) in [7, 11) is 0. The maximum absolute atomic E-state index is 11.8. The van der Waals surface area contributed by atoms with Crippen molar-refractivity contribution in [1.82, 2.24) is 20.2 Å². The molecule has 0 atom stereocenters. The number of aliphatic carboxylic acids is 1. The predicted molar refractivity (Wildman–Crippen MR) is 70.6 cm³/mol. The molecule has 2 aromatic rings. The van der Waals surface area contributed by atoms with Gasteiger partial charge in [-0.2, -0.15) is 0 Å². The molecule has 0 fully saturated rings. The summed E-state index contributed by atoms with van der Waals surface area (Å²) in [6, 6.07) is 1.65. The van der Waals surface area contributed by atoms with Gasteiger partial charge in [-0.1, -0.05) is 24.2 Å². The van der Waals surface area contributed by atoms with Crippen LogP contribution in [0.3, 0.4) is 0 Å². The molecule has 2 N–H and O–H groups in total. The molecule has 1 amide bonds. The van der Waals surface area contributed by atoms with E-state index in [-0.39, 0.29) is 36.4 Å². The van der Waals surface area contributed by atoms with Crippen LogP contribution < -0.4 is 5.32 Å².